The van der Waals surface area contributed by atoms with Crippen molar-refractivity contribution in [3.05, 3.63) is 78.0 Å². The molecule has 0 unspecified atom stereocenters. The normalized spacial score (nSPS) is 14.4. The fourth-order valence-corrected chi connectivity index (χ4v) is 3.94. The number of morpholine rings is 1. The largest absolute Gasteiger partial charge is 0.378 e. The summed E-state index contributed by atoms with van der Waals surface area (Å²) >= 11 is 6.07. The number of allylic oxidation sites excluding steroid dienone is 3. The molecule has 0 radical (unpaired) electrons. The number of rotatable bonds is 6. The smallest absolute Gasteiger partial charge is 0.132 e. The van der Waals surface area contributed by atoms with E-state index < -0.39 is 0 Å². The fraction of sp³-hybridized carbons (Fsp3) is 0.269. The van der Waals surface area contributed by atoms with E-state index in [-0.39, 0.29) is 5.82 Å². The molecule has 33 heavy (non-hydrogen) atoms. The lowest BCUT2D eigenvalue weighted by Crippen LogP contribution is -2.36. The number of ether oxygens (including phenoxy) is 1. The van der Waals surface area contributed by atoms with Gasteiger partial charge in [0.2, 0.25) is 0 Å². The zero-order valence-corrected chi connectivity index (χ0v) is 19.6. The molecule has 1 fully saturated rings. The summed E-state index contributed by atoms with van der Waals surface area (Å²) in [6, 6.07) is 11.1. The minimum Gasteiger partial charge on any atom is -0.378 e. The first-order chi connectivity index (χ1) is 16.0. The topological polar surface area (TPSA) is 50.6 Å². The summed E-state index contributed by atoms with van der Waals surface area (Å²) in [5.41, 5.74) is 5.63. The molecule has 4 rings (SSSR count). The van der Waals surface area contributed by atoms with E-state index in [1.165, 1.54) is 18.5 Å². The number of aliphatic imine (C=N–C) groups is 1. The summed E-state index contributed by atoms with van der Waals surface area (Å²) in [7, 11) is 0. The van der Waals surface area contributed by atoms with E-state index in [9.17, 15) is 4.39 Å². The van der Waals surface area contributed by atoms with Crippen molar-refractivity contribution in [2.75, 3.05) is 31.2 Å². The van der Waals surface area contributed by atoms with Crippen LogP contribution in [0.2, 0.25) is 0 Å². The Hall–Kier alpha value is -3.09. The van der Waals surface area contributed by atoms with Crippen molar-refractivity contribution in [1.29, 1.82) is 0 Å². The van der Waals surface area contributed by atoms with Crippen molar-refractivity contribution < 1.29 is 9.13 Å². The van der Waals surface area contributed by atoms with E-state index in [1.807, 2.05) is 38.1 Å². The molecule has 0 aliphatic carbocycles. The van der Waals surface area contributed by atoms with Crippen LogP contribution < -0.4 is 4.90 Å². The molecule has 1 aromatic heterocycles. The fourth-order valence-electron chi connectivity index (χ4n) is 3.84. The zero-order chi connectivity index (χ0) is 23.4. The first-order valence-corrected chi connectivity index (χ1v) is 11.2. The van der Waals surface area contributed by atoms with E-state index in [2.05, 4.69) is 26.4 Å². The molecular formula is C26H26ClFN4O. The lowest BCUT2D eigenvalue weighted by Gasteiger charge is -2.29. The highest BCUT2D eigenvalue weighted by molar-refractivity contribution is 6.68. The van der Waals surface area contributed by atoms with Gasteiger partial charge in [-0.15, -0.1) is 0 Å². The summed E-state index contributed by atoms with van der Waals surface area (Å²) in [4.78, 5) is 15.6. The monoisotopic (exact) mass is 464 g/mol. The van der Waals surface area contributed by atoms with E-state index in [0.29, 0.717) is 36.1 Å². The highest BCUT2D eigenvalue weighted by Gasteiger charge is 2.16. The van der Waals surface area contributed by atoms with Crippen molar-refractivity contribution >= 4 is 33.4 Å². The van der Waals surface area contributed by atoms with Crippen LogP contribution in [0.5, 0.6) is 0 Å². The number of anilines is 1. The molecule has 0 spiro atoms. The minimum absolute atomic E-state index is 0.325. The van der Waals surface area contributed by atoms with E-state index >= 15 is 0 Å². The first kappa shape index (κ1) is 23.1. The second-order valence-electron chi connectivity index (χ2n) is 8.10. The maximum absolute atomic E-state index is 15.0. The molecule has 0 atom stereocenters. The Balaban J connectivity index is 1.72. The Kier molecular flexibility index (Phi) is 7.16. The molecule has 2 aromatic carbocycles. The average Bonchev–Trinajstić information content (AvgIpc) is 2.84. The van der Waals surface area contributed by atoms with Gasteiger partial charge >= 0.3 is 0 Å². The zero-order valence-electron chi connectivity index (χ0n) is 18.8. The summed E-state index contributed by atoms with van der Waals surface area (Å²) < 4.78 is 20.4. The number of hydrogen-bond donors (Lipinski definition) is 0. The molecular weight excluding hydrogens is 439 g/mol. The maximum Gasteiger partial charge on any atom is 0.132 e. The van der Waals surface area contributed by atoms with Crippen LogP contribution in [0.25, 0.3) is 22.2 Å². The predicted octanol–water partition coefficient (Wildman–Crippen LogP) is 5.93. The van der Waals surface area contributed by atoms with Gasteiger partial charge in [0, 0.05) is 41.8 Å². The van der Waals surface area contributed by atoms with E-state index in [1.54, 1.807) is 6.07 Å². The van der Waals surface area contributed by atoms with Gasteiger partial charge in [-0.25, -0.2) is 19.4 Å². The molecule has 0 N–H and O–H groups in total. The molecule has 1 aliphatic heterocycles. The van der Waals surface area contributed by atoms with Gasteiger partial charge in [0.15, 0.2) is 0 Å². The first-order valence-electron chi connectivity index (χ1n) is 10.9. The van der Waals surface area contributed by atoms with Crippen molar-refractivity contribution in [3.63, 3.8) is 0 Å². The molecule has 0 amide bonds. The number of hydrogen-bond acceptors (Lipinski definition) is 5. The van der Waals surface area contributed by atoms with Crippen LogP contribution in [0.15, 0.2) is 71.6 Å². The lowest BCUT2D eigenvalue weighted by atomic mass is 10.00. The lowest BCUT2D eigenvalue weighted by molar-refractivity contribution is 0.122. The molecule has 2 heterocycles. The number of fused-ring (bicyclic) bond motifs is 1. The third-order valence-corrected chi connectivity index (χ3v) is 5.88. The van der Waals surface area contributed by atoms with Crippen molar-refractivity contribution in [3.8, 4) is 11.3 Å². The van der Waals surface area contributed by atoms with Crippen LogP contribution in [0.4, 0.5) is 10.1 Å². The SMILES string of the molecule is C=C/C(Cl)=N\C(Cc1ccc(F)c(-c2ncnc3cc(N4CCOCC4)ccc23)c1)=C(C)C. The highest BCUT2D eigenvalue weighted by atomic mass is 35.5. The van der Waals surface area contributed by atoms with Crippen molar-refractivity contribution in [1.82, 2.24) is 9.97 Å². The summed E-state index contributed by atoms with van der Waals surface area (Å²) in [5, 5.41) is 1.13. The van der Waals surface area contributed by atoms with Gasteiger partial charge in [-0.1, -0.05) is 29.8 Å². The number of benzene rings is 2. The van der Waals surface area contributed by atoms with Crippen LogP contribution >= 0.6 is 11.6 Å². The second kappa shape index (κ2) is 10.2. The van der Waals surface area contributed by atoms with Gasteiger partial charge in [0.1, 0.15) is 17.3 Å². The summed E-state index contributed by atoms with van der Waals surface area (Å²) in [6.45, 7) is 10.7. The van der Waals surface area contributed by atoms with Crippen LogP contribution in [-0.2, 0) is 11.2 Å². The van der Waals surface area contributed by atoms with E-state index in [0.717, 1.165) is 46.5 Å². The van der Waals surface area contributed by atoms with Gasteiger partial charge in [0.05, 0.1) is 24.4 Å². The van der Waals surface area contributed by atoms with Crippen LogP contribution in [-0.4, -0.2) is 41.4 Å². The molecule has 5 nitrogen and oxygen atoms in total. The summed E-state index contributed by atoms with van der Waals surface area (Å²) in [6.07, 6.45) is 3.51. The van der Waals surface area contributed by atoms with Crippen LogP contribution in [0.1, 0.15) is 19.4 Å². The highest BCUT2D eigenvalue weighted by Crippen LogP contribution is 2.31. The Morgan fingerprint density at radius 3 is 2.70 bits per heavy atom. The Labute approximate surface area is 198 Å². The maximum atomic E-state index is 15.0. The van der Waals surface area contributed by atoms with Gasteiger partial charge in [-0.3, -0.25) is 0 Å². The molecule has 0 bridgehead atoms. The minimum atomic E-state index is -0.331. The standard InChI is InChI=1S/C26H26ClFN4O/c1-4-25(27)31-23(17(2)3)14-18-5-8-22(28)21(13-18)26-20-7-6-19(15-24(20)29-16-30-26)32-9-11-33-12-10-32/h4-8,13,15-16H,1,9-12,14H2,2-3H3/b31-25+. The van der Waals surface area contributed by atoms with Crippen molar-refractivity contribution in [2.24, 2.45) is 4.99 Å². The molecule has 170 valence electrons. The molecule has 3 aromatic rings. The molecule has 1 saturated heterocycles. The van der Waals surface area contributed by atoms with Gasteiger partial charge in [-0.05, 0) is 55.8 Å². The predicted molar refractivity (Wildman–Crippen MR) is 134 cm³/mol. The Bertz CT molecular complexity index is 1240. The third-order valence-electron chi connectivity index (χ3n) is 5.64. The molecule has 7 heteroatoms. The van der Waals surface area contributed by atoms with Crippen LogP contribution in [0, 0.1) is 5.82 Å². The number of aromatic nitrogens is 2. The van der Waals surface area contributed by atoms with Gasteiger partial charge in [-0.2, -0.15) is 0 Å². The number of halogens is 2. The number of nitrogens with zero attached hydrogens (tertiary/aromatic N) is 4. The second-order valence-corrected chi connectivity index (χ2v) is 8.49. The van der Waals surface area contributed by atoms with E-state index in [4.69, 9.17) is 16.3 Å². The Morgan fingerprint density at radius 2 is 1.97 bits per heavy atom. The Morgan fingerprint density at radius 1 is 1.18 bits per heavy atom. The molecule has 1 aliphatic rings. The third kappa shape index (κ3) is 5.29. The van der Waals surface area contributed by atoms with Gasteiger partial charge < -0.3 is 9.64 Å². The average molecular weight is 465 g/mol. The van der Waals surface area contributed by atoms with Crippen molar-refractivity contribution in [2.45, 2.75) is 20.3 Å². The quantitative estimate of drug-likeness (QED) is 0.424. The van der Waals surface area contributed by atoms with Gasteiger partial charge in [0.25, 0.3) is 0 Å². The molecule has 0 saturated carbocycles. The van der Waals surface area contributed by atoms with Crippen LogP contribution in [0.3, 0.4) is 0 Å². The summed E-state index contributed by atoms with van der Waals surface area (Å²) in [5.74, 6) is -0.331.